The van der Waals surface area contributed by atoms with Gasteiger partial charge in [-0.25, -0.2) is 14.8 Å². The quantitative estimate of drug-likeness (QED) is 0.316. The number of piperazine rings is 2. The van der Waals surface area contributed by atoms with E-state index in [-0.39, 0.29) is 24.2 Å². The minimum atomic E-state index is -0.359. The molecule has 0 aliphatic carbocycles. The third-order valence-corrected chi connectivity index (χ3v) is 9.57. The van der Waals surface area contributed by atoms with Gasteiger partial charge in [0.15, 0.2) is 0 Å². The van der Waals surface area contributed by atoms with E-state index in [4.69, 9.17) is 14.5 Å². The molecule has 0 radical (unpaired) electrons. The summed E-state index contributed by atoms with van der Waals surface area (Å²) in [4.78, 5) is 24.1. The molecule has 0 aromatic heterocycles. The number of rotatable bonds is 7. The predicted molar refractivity (Wildman–Crippen MR) is 184 cm³/mol. The first-order valence-corrected chi connectivity index (χ1v) is 17.1. The van der Waals surface area contributed by atoms with Crippen molar-refractivity contribution >= 4 is 43.7 Å². The van der Waals surface area contributed by atoms with Crippen LogP contribution in [0.15, 0.2) is 80.7 Å². The fourth-order valence-corrected chi connectivity index (χ4v) is 6.81. The summed E-state index contributed by atoms with van der Waals surface area (Å²) in [5, 5.41) is 8.25. The van der Waals surface area contributed by atoms with Gasteiger partial charge in [0, 0.05) is 67.4 Å². The predicted octanol–water partition coefficient (Wildman–Crippen LogP) is 6.11. The van der Waals surface area contributed by atoms with Crippen molar-refractivity contribution in [2.45, 2.75) is 32.0 Å². The molecule has 6 rings (SSSR count). The Morgan fingerprint density at radius 1 is 0.844 bits per heavy atom. The number of halogens is 2. The standard InChI is InChI=1S/C34H40Br2N6O3/c1-23(2)45-30-22-28(44-3)12-13-29(30)33-38-31(24-4-8-26(35)9-5-24)32(25-6-10-27(36)11-7-25)42(33)34(43)39-18-20-41(21-19-39)40-16-14-37-15-17-40/h4-13,22-23,31-32,37H,14-21H2,1-3H3. The van der Waals surface area contributed by atoms with Crippen molar-refractivity contribution in [2.24, 2.45) is 4.99 Å². The second-order valence-corrected chi connectivity index (χ2v) is 13.6. The molecule has 45 heavy (non-hydrogen) atoms. The number of carbonyl (C=O) groups excluding carboxylic acids is 1. The van der Waals surface area contributed by atoms with Gasteiger partial charge in [0.25, 0.3) is 0 Å². The number of nitrogens with one attached hydrogen (secondary N) is 1. The van der Waals surface area contributed by atoms with Gasteiger partial charge in [0.2, 0.25) is 0 Å². The SMILES string of the molecule is COc1ccc(C2=NC(c3ccc(Br)cc3)C(c3ccc(Br)cc3)N2C(=O)N2CCN(N3CCNCC3)CC2)c(OC(C)C)c1. The molecular formula is C34H40Br2N6O3. The molecule has 2 unspecified atom stereocenters. The van der Waals surface area contributed by atoms with Crippen LogP contribution in [0.1, 0.15) is 42.6 Å². The molecule has 0 bridgehead atoms. The first-order valence-electron chi connectivity index (χ1n) is 15.5. The number of amides is 2. The average molecular weight is 741 g/mol. The van der Waals surface area contributed by atoms with E-state index in [0.29, 0.717) is 30.4 Å². The third-order valence-electron chi connectivity index (χ3n) is 8.51. The van der Waals surface area contributed by atoms with Crippen LogP contribution in [0, 0.1) is 0 Å². The Balaban J connectivity index is 1.42. The van der Waals surface area contributed by atoms with Crippen LogP contribution in [0.3, 0.4) is 0 Å². The van der Waals surface area contributed by atoms with Gasteiger partial charge in [-0.2, -0.15) is 0 Å². The number of nitrogens with zero attached hydrogens (tertiary/aromatic N) is 5. The van der Waals surface area contributed by atoms with Gasteiger partial charge in [0.1, 0.15) is 23.4 Å². The van der Waals surface area contributed by atoms with Crippen LogP contribution in [0.4, 0.5) is 4.79 Å². The summed E-state index contributed by atoms with van der Waals surface area (Å²) >= 11 is 7.18. The van der Waals surface area contributed by atoms with Crippen LogP contribution in [0.5, 0.6) is 11.5 Å². The molecule has 3 aliphatic rings. The number of amidine groups is 1. The van der Waals surface area contributed by atoms with Crippen LogP contribution in [0.2, 0.25) is 0 Å². The van der Waals surface area contributed by atoms with Crippen LogP contribution >= 0.6 is 31.9 Å². The zero-order valence-electron chi connectivity index (χ0n) is 26.0. The van der Waals surface area contributed by atoms with Gasteiger partial charge in [-0.1, -0.05) is 56.1 Å². The molecule has 3 aromatic rings. The van der Waals surface area contributed by atoms with Crippen molar-refractivity contribution in [3.05, 3.63) is 92.4 Å². The minimum absolute atomic E-state index is 0.0486. The van der Waals surface area contributed by atoms with E-state index in [1.807, 2.05) is 66.1 Å². The molecule has 1 N–H and O–H groups in total. The second kappa shape index (κ2) is 14.2. The van der Waals surface area contributed by atoms with E-state index < -0.39 is 0 Å². The smallest absolute Gasteiger partial charge is 0.326 e. The zero-order valence-corrected chi connectivity index (χ0v) is 29.1. The fraction of sp³-hybridized carbons (Fsp3) is 0.412. The normalized spacial score (nSPS) is 21.2. The average Bonchev–Trinajstić information content (AvgIpc) is 3.45. The number of urea groups is 1. The summed E-state index contributed by atoms with van der Waals surface area (Å²) in [5.74, 6) is 1.92. The summed E-state index contributed by atoms with van der Waals surface area (Å²) in [6.45, 7) is 10.8. The highest BCUT2D eigenvalue weighted by molar-refractivity contribution is 9.10. The van der Waals surface area contributed by atoms with E-state index in [2.05, 4.69) is 71.5 Å². The van der Waals surface area contributed by atoms with Crippen molar-refractivity contribution in [3.8, 4) is 11.5 Å². The zero-order chi connectivity index (χ0) is 31.5. The maximum Gasteiger partial charge on any atom is 0.326 e. The highest BCUT2D eigenvalue weighted by atomic mass is 79.9. The summed E-state index contributed by atoms with van der Waals surface area (Å²) in [6.07, 6.45) is -0.0791. The van der Waals surface area contributed by atoms with Crippen molar-refractivity contribution in [1.29, 1.82) is 0 Å². The first kappa shape index (κ1) is 32.0. The van der Waals surface area contributed by atoms with Crippen LogP contribution in [-0.2, 0) is 0 Å². The van der Waals surface area contributed by atoms with Gasteiger partial charge >= 0.3 is 6.03 Å². The van der Waals surface area contributed by atoms with Crippen LogP contribution in [0.25, 0.3) is 0 Å². The largest absolute Gasteiger partial charge is 0.497 e. The van der Waals surface area contributed by atoms with Gasteiger partial charge in [-0.3, -0.25) is 9.89 Å². The molecule has 3 aromatic carbocycles. The lowest BCUT2D eigenvalue weighted by Crippen LogP contribution is -2.60. The first-order chi connectivity index (χ1) is 21.8. The second-order valence-electron chi connectivity index (χ2n) is 11.8. The maximum absolute atomic E-state index is 14.9. The lowest BCUT2D eigenvalue weighted by Gasteiger charge is -2.44. The number of hydrogen-bond acceptors (Lipinski definition) is 7. The summed E-state index contributed by atoms with van der Waals surface area (Å²) in [6, 6.07) is 21.5. The number of carbonyl (C=O) groups is 1. The Morgan fingerprint density at radius 3 is 2.04 bits per heavy atom. The molecule has 2 amide bonds. The van der Waals surface area contributed by atoms with Crippen molar-refractivity contribution < 1.29 is 14.3 Å². The fourth-order valence-electron chi connectivity index (χ4n) is 6.28. The van der Waals surface area contributed by atoms with E-state index in [0.717, 1.165) is 64.9 Å². The molecule has 0 saturated carbocycles. The molecule has 238 valence electrons. The minimum Gasteiger partial charge on any atom is -0.497 e. The Kier molecular flexibility index (Phi) is 10.1. The molecule has 2 fully saturated rings. The molecule has 2 atom stereocenters. The molecule has 0 spiro atoms. The van der Waals surface area contributed by atoms with E-state index in [1.54, 1.807) is 7.11 Å². The van der Waals surface area contributed by atoms with Crippen molar-refractivity contribution in [3.63, 3.8) is 0 Å². The van der Waals surface area contributed by atoms with Gasteiger partial charge in [-0.05, 0) is 61.4 Å². The number of aliphatic imine (C=N–C) groups is 1. The third kappa shape index (κ3) is 7.07. The molecule has 3 heterocycles. The molecule has 2 saturated heterocycles. The lowest BCUT2D eigenvalue weighted by atomic mass is 9.94. The van der Waals surface area contributed by atoms with Crippen molar-refractivity contribution in [1.82, 2.24) is 25.1 Å². The van der Waals surface area contributed by atoms with Gasteiger partial charge in [-0.15, -0.1) is 0 Å². The van der Waals surface area contributed by atoms with E-state index in [1.165, 1.54) is 0 Å². The van der Waals surface area contributed by atoms with Crippen LogP contribution < -0.4 is 14.8 Å². The maximum atomic E-state index is 14.9. The number of benzene rings is 3. The summed E-state index contributed by atoms with van der Waals surface area (Å²) in [5.41, 5.74) is 2.80. The Bertz CT molecular complexity index is 1500. The number of hydrogen-bond donors (Lipinski definition) is 1. The molecular weight excluding hydrogens is 700 g/mol. The monoisotopic (exact) mass is 738 g/mol. The number of hydrazine groups is 1. The van der Waals surface area contributed by atoms with Crippen LogP contribution in [-0.4, -0.2) is 97.3 Å². The molecule has 3 aliphatic heterocycles. The van der Waals surface area contributed by atoms with E-state index in [9.17, 15) is 4.79 Å². The Labute approximate surface area is 282 Å². The summed E-state index contributed by atoms with van der Waals surface area (Å²) in [7, 11) is 1.64. The van der Waals surface area contributed by atoms with E-state index >= 15 is 0 Å². The Hall–Kier alpha value is -2.96. The highest BCUT2D eigenvalue weighted by Crippen LogP contribution is 2.46. The molecule has 11 heteroatoms. The number of ether oxygens (including phenoxy) is 2. The molecule has 9 nitrogen and oxygen atoms in total. The summed E-state index contributed by atoms with van der Waals surface area (Å²) < 4.78 is 13.9. The lowest BCUT2D eigenvalue weighted by molar-refractivity contribution is -0.0585. The van der Waals surface area contributed by atoms with Gasteiger partial charge < -0.3 is 19.7 Å². The number of methoxy groups -OCH3 is 1. The topological polar surface area (TPSA) is 72.9 Å². The van der Waals surface area contributed by atoms with Gasteiger partial charge in [0.05, 0.1) is 24.8 Å². The Morgan fingerprint density at radius 2 is 1.44 bits per heavy atom. The van der Waals surface area contributed by atoms with Crippen molar-refractivity contribution in [2.75, 3.05) is 59.5 Å². The highest BCUT2D eigenvalue weighted by Gasteiger charge is 2.45.